The second kappa shape index (κ2) is 8.69. The van der Waals surface area contributed by atoms with Gasteiger partial charge >= 0.3 is 5.97 Å². The lowest BCUT2D eigenvalue weighted by Gasteiger charge is -2.30. The molecule has 8 nitrogen and oxygen atoms in total. The molecule has 4 rings (SSSR count). The predicted octanol–water partition coefficient (Wildman–Crippen LogP) is 3.35. The summed E-state index contributed by atoms with van der Waals surface area (Å²) in [5.41, 5.74) is 2.55. The van der Waals surface area contributed by atoms with Crippen molar-refractivity contribution in [3.8, 4) is 0 Å². The van der Waals surface area contributed by atoms with Crippen LogP contribution in [0.2, 0.25) is 0 Å². The molecule has 1 fully saturated rings. The van der Waals surface area contributed by atoms with Crippen LogP contribution in [0.25, 0.3) is 0 Å². The minimum Gasteiger partial charge on any atom is -0.481 e. The molecule has 1 aromatic carbocycles. The Morgan fingerprint density at radius 2 is 1.97 bits per heavy atom. The quantitative estimate of drug-likeness (QED) is 0.755. The average molecular weight is 409 g/mol. The highest BCUT2D eigenvalue weighted by atomic mass is 16.4. The monoisotopic (exact) mass is 409 g/mol. The number of carboxylic acids is 1. The van der Waals surface area contributed by atoms with Crippen LogP contribution >= 0.6 is 0 Å². The fourth-order valence-electron chi connectivity index (χ4n) is 4.21. The van der Waals surface area contributed by atoms with Crippen molar-refractivity contribution in [1.82, 2.24) is 9.97 Å². The van der Waals surface area contributed by atoms with Gasteiger partial charge in [-0.15, -0.1) is 0 Å². The number of nitrogens with one attached hydrogen (secondary N) is 1. The first-order valence-electron chi connectivity index (χ1n) is 10.5. The van der Waals surface area contributed by atoms with E-state index in [0.717, 1.165) is 35.6 Å². The van der Waals surface area contributed by atoms with Gasteiger partial charge in [0.05, 0.1) is 6.20 Å². The highest BCUT2D eigenvalue weighted by Gasteiger charge is 2.31. The van der Waals surface area contributed by atoms with Gasteiger partial charge in [0.2, 0.25) is 11.9 Å². The van der Waals surface area contributed by atoms with Crippen LogP contribution in [0.15, 0.2) is 30.5 Å². The van der Waals surface area contributed by atoms with Crippen LogP contribution in [0.5, 0.6) is 0 Å². The van der Waals surface area contributed by atoms with Crippen molar-refractivity contribution in [3.63, 3.8) is 0 Å². The van der Waals surface area contributed by atoms with Gasteiger partial charge in [-0.05, 0) is 37.0 Å². The largest absolute Gasteiger partial charge is 0.481 e. The molecule has 2 aromatic rings. The molecule has 1 aliphatic carbocycles. The van der Waals surface area contributed by atoms with Crippen LogP contribution in [0.4, 0.5) is 23.1 Å². The molecule has 0 atom stereocenters. The number of hydrogen-bond acceptors (Lipinski definition) is 6. The molecule has 0 bridgehead atoms. The number of carboxylic acid groups (broad SMARTS) is 1. The number of benzene rings is 1. The number of aryl methyl sites for hydroxylation is 1. The fraction of sp³-hybridized carbons (Fsp3) is 0.455. The Bertz CT molecular complexity index is 925. The number of anilines is 4. The van der Waals surface area contributed by atoms with Gasteiger partial charge in [0.25, 0.3) is 0 Å². The van der Waals surface area contributed by atoms with Gasteiger partial charge in [-0.2, -0.15) is 4.98 Å². The summed E-state index contributed by atoms with van der Waals surface area (Å²) in [5.74, 6) is 0.576. The maximum absolute atomic E-state index is 12.4. The first kappa shape index (κ1) is 20.1. The van der Waals surface area contributed by atoms with E-state index in [9.17, 15) is 9.59 Å². The van der Waals surface area contributed by atoms with Crippen molar-refractivity contribution in [3.05, 3.63) is 36.0 Å². The van der Waals surface area contributed by atoms with E-state index in [-0.39, 0.29) is 12.3 Å². The molecule has 2 heterocycles. The molecule has 2 aliphatic rings. The first-order chi connectivity index (χ1) is 14.5. The third-order valence-corrected chi connectivity index (χ3v) is 5.93. The maximum atomic E-state index is 12.4. The summed E-state index contributed by atoms with van der Waals surface area (Å²) >= 11 is 0. The number of carbonyl (C=O) groups excluding carboxylic acids is 1. The van der Waals surface area contributed by atoms with E-state index in [1.54, 1.807) is 18.1 Å². The third-order valence-electron chi connectivity index (χ3n) is 5.93. The smallest absolute Gasteiger partial charge is 0.303 e. The van der Waals surface area contributed by atoms with Crippen molar-refractivity contribution < 1.29 is 14.7 Å². The Morgan fingerprint density at radius 1 is 1.23 bits per heavy atom. The van der Waals surface area contributed by atoms with Gasteiger partial charge in [0.1, 0.15) is 5.69 Å². The molecule has 0 saturated heterocycles. The highest BCUT2D eigenvalue weighted by molar-refractivity contribution is 5.97. The molecule has 1 aliphatic heterocycles. The number of amides is 1. The lowest BCUT2D eigenvalue weighted by Crippen LogP contribution is -2.34. The summed E-state index contributed by atoms with van der Waals surface area (Å²) in [6.45, 7) is 0.676. The Labute approximate surface area is 175 Å². The second-order valence-corrected chi connectivity index (χ2v) is 7.95. The van der Waals surface area contributed by atoms with E-state index in [1.165, 1.54) is 12.8 Å². The lowest BCUT2D eigenvalue weighted by atomic mass is 10.1. The van der Waals surface area contributed by atoms with Crippen molar-refractivity contribution >= 4 is 35.0 Å². The highest BCUT2D eigenvalue weighted by Crippen LogP contribution is 2.36. The van der Waals surface area contributed by atoms with Gasteiger partial charge in [-0.25, -0.2) is 4.98 Å². The van der Waals surface area contributed by atoms with Crippen molar-refractivity contribution in [2.24, 2.45) is 0 Å². The zero-order valence-electron chi connectivity index (χ0n) is 17.2. The normalized spacial score (nSPS) is 17.0. The van der Waals surface area contributed by atoms with Gasteiger partial charge < -0.3 is 20.2 Å². The first-order valence-corrected chi connectivity index (χ1v) is 10.5. The molecule has 2 N–H and O–H groups in total. The average Bonchev–Trinajstić information content (AvgIpc) is 3.24. The van der Waals surface area contributed by atoms with E-state index < -0.39 is 5.97 Å². The maximum Gasteiger partial charge on any atom is 0.303 e. The van der Waals surface area contributed by atoms with Gasteiger partial charge in [-0.3, -0.25) is 9.59 Å². The van der Waals surface area contributed by atoms with Gasteiger partial charge in [0.15, 0.2) is 5.82 Å². The van der Waals surface area contributed by atoms with Crippen LogP contribution in [0.3, 0.4) is 0 Å². The number of aliphatic carboxylic acids is 1. The van der Waals surface area contributed by atoms with Crippen molar-refractivity contribution in [1.29, 1.82) is 0 Å². The zero-order valence-corrected chi connectivity index (χ0v) is 17.2. The number of nitrogens with zero attached hydrogens (tertiary/aromatic N) is 4. The van der Waals surface area contributed by atoms with E-state index in [0.29, 0.717) is 31.4 Å². The van der Waals surface area contributed by atoms with Crippen LogP contribution < -0.4 is 15.1 Å². The van der Waals surface area contributed by atoms with Crippen molar-refractivity contribution in [2.45, 2.75) is 51.0 Å². The molecule has 158 valence electrons. The van der Waals surface area contributed by atoms with E-state index in [2.05, 4.69) is 15.2 Å². The SMILES string of the molecule is CN1C(=O)CCN(C2CCCC2)c2nc(Nc3ccc(CCC(=O)O)cc3)ncc21. The summed E-state index contributed by atoms with van der Waals surface area (Å²) in [5, 5.41) is 12.1. The topological polar surface area (TPSA) is 98.7 Å². The molecule has 1 amide bonds. The molecule has 8 heteroatoms. The number of rotatable bonds is 6. The molecular weight excluding hydrogens is 382 g/mol. The Morgan fingerprint density at radius 3 is 2.67 bits per heavy atom. The van der Waals surface area contributed by atoms with Crippen LogP contribution in [-0.2, 0) is 16.0 Å². The molecule has 0 unspecified atom stereocenters. The number of carbonyl (C=O) groups is 2. The van der Waals surface area contributed by atoms with E-state index in [1.807, 2.05) is 24.3 Å². The molecule has 1 aromatic heterocycles. The summed E-state index contributed by atoms with van der Waals surface area (Å²) in [6.07, 6.45) is 7.49. The Balaban J connectivity index is 1.56. The molecule has 0 spiro atoms. The summed E-state index contributed by atoms with van der Waals surface area (Å²) in [7, 11) is 1.78. The number of fused-ring (bicyclic) bond motifs is 1. The number of aromatic nitrogens is 2. The van der Waals surface area contributed by atoms with Gasteiger partial charge in [-0.1, -0.05) is 25.0 Å². The van der Waals surface area contributed by atoms with Gasteiger partial charge in [0, 0.05) is 38.2 Å². The summed E-state index contributed by atoms with van der Waals surface area (Å²) in [6, 6.07) is 8.03. The van der Waals surface area contributed by atoms with Crippen LogP contribution in [0.1, 0.15) is 44.1 Å². The van der Waals surface area contributed by atoms with Crippen molar-refractivity contribution in [2.75, 3.05) is 28.7 Å². The molecular formula is C22H27N5O3. The van der Waals surface area contributed by atoms with Crippen LogP contribution in [0, 0.1) is 0 Å². The molecule has 1 saturated carbocycles. The summed E-state index contributed by atoms with van der Waals surface area (Å²) in [4.78, 5) is 36.3. The van der Waals surface area contributed by atoms with E-state index >= 15 is 0 Å². The zero-order chi connectivity index (χ0) is 21.1. The minimum absolute atomic E-state index is 0.0815. The lowest BCUT2D eigenvalue weighted by molar-refractivity contribution is -0.137. The van der Waals surface area contributed by atoms with Crippen LogP contribution in [-0.4, -0.2) is 46.6 Å². The fourth-order valence-corrected chi connectivity index (χ4v) is 4.21. The third kappa shape index (κ3) is 4.37. The Kier molecular flexibility index (Phi) is 5.83. The predicted molar refractivity (Wildman–Crippen MR) is 115 cm³/mol. The summed E-state index contributed by atoms with van der Waals surface area (Å²) < 4.78 is 0. The van der Waals surface area contributed by atoms with E-state index in [4.69, 9.17) is 10.1 Å². The standard InChI is InChI=1S/C22H27N5O3/c1-26-18-14-23-22(24-16-9-6-15(7-10-16)8-11-20(29)30)25-21(18)27(13-12-19(26)28)17-4-2-3-5-17/h6-7,9-10,14,17H,2-5,8,11-13H2,1H3,(H,29,30)(H,23,24,25). The number of hydrogen-bond donors (Lipinski definition) is 2. The Hall–Kier alpha value is -3.16. The second-order valence-electron chi connectivity index (χ2n) is 7.95. The molecule has 30 heavy (non-hydrogen) atoms. The molecule has 0 radical (unpaired) electrons. The minimum atomic E-state index is -0.800.